The third-order valence-electron chi connectivity index (χ3n) is 6.72. The van der Waals surface area contributed by atoms with E-state index in [4.69, 9.17) is 4.84 Å². The number of carbonyl (C=O) groups excluding carboxylic acids is 1. The summed E-state index contributed by atoms with van der Waals surface area (Å²) in [5, 5.41) is 9.01. The number of piperidine rings is 1. The van der Waals surface area contributed by atoms with Crippen LogP contribution in [0.1, 0.15) is 62.5 Å². The number of nitrogens with one attached hydrogen (secondary N) is 2. The normalized spacial score (nSPS) is 18.8. The number of oxime groups is 1. The molecule has 0 unspecified atom stereocenters. The molecule has 10 heteroatoms. The van der Waals surface area contributed by atoms with Crippen LogP contribution in [-0.4, -0.2) is 48.0 Å². The lowest BCUT2D eigenvalue weighted by Crippen LogP contribution is -2.37. The molecule has 0 radical (unpaired) electrons. The Morgan fingerprint density at radius 3 is 2.43 bits per heavy atom. The summed E-state index contributed by atoms with van der Waals surface area (Å²) in [5.41, 5.74) is 2.25. The molecule has 2 aliphatic rings. The zero-order valence-corrected chi connectivity index (χ0v) is 20.2. The Hall–Kier alpha value is -3.30. The molecule has 188 valence electrons. The summed E-state index contributed by atoms with van der Waals surface area (Å²) < 4.78 is 29.0. The number of carbonyl (C=O) groups is 1. The van der Waals surface area contributed by atoms with Crippen molar-refractivity contribution in [2.45, 2.75) is 63.9 Å². The molecule has 2 amide bonds. The number of aromatic nitrogens is 2. The molecule has 0 spiro atoms. The first-order valence-corrected chi connectivity index (χ1v) is 12.2. The van der Waals surface area contributed by atoms with Crippen LogP contribution in [0.25, 0.3) is 0 Å². The standard InChI is InChI=1S/C25H32F2N6O2/c1-3-16-14-29-24(30-15-16)33-10-8-19(9-11-33)35-32-18-6-4-17(5-7-18)20-12-22(27)23(13-21(20)26)31-25(34)28-2/h12-15,17,19H,3-11H2,1-2H3,(H2,28,31,34). The molecule has 0 atom stereocenters. The van der Waals surface area contributed by atoms with Crippen molar-refractivity contribution in [3.63, 3.8) is 0 Å². The first kappa shape index (κ1) is 24.8. The van der Waals surface area contributed by atoms with Crippen molar-refractivity contribution in [2.24, 2.45) is 5.16 Å². The molecule has 2 heterocycles. The minimum Gasteiger partial charge on any atom is -0.392 e. The van der Waals surface area contributed by atoms with Gasteiger partial charge in [0.05, 0.1) is 11.4 Å². The largest absolute Gasteiger partial charge is 0.392 e. The van der Waals surface area contributed by atoms with Crippen LogP contribution in [0.4, 0.5) is 25.2 Å². The zero-order valence-electron chi connectivity index (χ0n) is 20.2. The van der Waals surface area contributed by atoms with Gasteiger partial charge in [-0.25, -0.2) is 23.5 Å². The maximum absolute atomic E-state index is 14.6. The van der Waals surface area contributed by atoms with Gasteiger partial charge in [0.15, 0.2) is 0 Å². The quantitative estimate of drug-likeness (QED) is 0.574. The highest BCUT2D eigenvalue weighted by atomic mass is 19.1. The van der Waals surface area contributed by atoms with Gasteiger partial charge in [-0.1, -0.05) is 12.1 Å². The first-order valence-electron chi connectivity index (χ1n) is 12.2. The number of rotatable bonds is 6. The smallest absolute Gasteiger partial charge is 0.319 e. The fraction of sp³-hybridized carbons (Fsp3) is 0.520. The highest BCUT2D eigenvalue weighted by molar-refractivity contribution is 5.89. The van der Waals surface area contributed by atoms with Crippen LogP contribution in [0, 0.1) is 11.6 Å². The van der Waals surface area contributed by atoms with E-state index in [9.17, 15) is 13.6 Å². The van der Waals surface area contributed by atoms with Gasteiger partial charge < -0.3 is 20.4 Å². The fourth-order valence-corrected chi connectivity index (χ4v) is 4.51. The number of benzene rings is 1. The third-order valence-corrected chi connectivity index (χ3v) is 6.72. The second kappa shape index (κ2) is 11.4. The van der Waals surface area contributed by atoms with Crippen LogP contribution >= 0.6 is 0 Å². The van der Waals surface area contributed by atoms with Crippen LogP contribution in [-0.2, 0) is 11.3 Å². The van der Waals surface area contributed by atoms with Gasteiger partial charge in [0, 0.05) is 51.4 Å². The number of urea groups is 1. The Labute approximate surface area is 204 Å². The summed E-state index contributed by atoms with van der Waals surface area (Å²) in [6, 6.07) is 1.64. The molecule has 0 bridgehead atoms. The van der Waals surface area contributed by atoms with Crippen molar-refractivity contribution >= 4 is 23.4 Å². The lowest BCUT2D eigenvalue weighted by atomic mass is 9.83. The predicted octanol–water partition coefficient (Wildman–Crippen LogP) is 4.77. The van der Waals surface area contributed by atoms with Crippen molar-refractivity contribution in [3.05, 3.63) is 47.3 Å². The van der Waals surface area contributed by atoms with Crippen molar-refractivity contribution in [2.75, 3.05) is 30.4 Å². The Kier molecular flexibility index (Phi) is 8.09. The van der Waals surface area contributed by atoms with E-state index in [0.717, 1.165) is 55.6 Å². The summed E-state index contributed by atoms with van der Waals surface area (Å²) in [6.45, 7) is 3.72. The summed E-state index contributed by atoms with van der Waals surface area (Å²) >= 11 is 0. The van der Waals surface area contributed by atoms with Gasteiger partial charge in [0.2, 0.25) is 5.95 Å². The minimum absolute atomic E-state index is 0.0540. The second-order valence-electron chi connectivity index (χ2n) is 9.03. The van der Waals surface area contributed by atoms with Crippen LogP contribution in [0.3, 0.4) is 0 Å². The number of aryl methyl sites for hydroxylation is 1. The molecule has 8 nitrogen and oxygen atoms in total. The zero-order chi connectivity index (χ0) is 24.8. The average Bonchev–Trinajstić information content (AvgIpc) is 2.90. The van der Waals surface area contributed by atoms with E-state index in [-0.39, 0.29) is 17.7 Å². The van der Waals surface area contributed by atoms with Gasteiger partial charge in [-0.2, -0.15) is 0 Å². The van der Waals surface area contributed by atoms with Crippen molar-refractivity contribution < 1.29 is 18.4 Å². The lowest BCUT2D eigenvalue weighted by Gasteiger charge is -2.31. The number of hydrogen-bond acceptors (Lipinski definition) is 6. The number of halogens is 2. The van der Waals surface area contributed by atoms with Gasteiger partial charge in [-0.3, -0.25) is 0 Å². The Balaban J connectivity index is 1.25. The Morgan fingerprint density at radius 1 is 1.11 bits per heavy atom. The molecule has 1 aromatic carbocycles. The topological polar surface area (TPSA) is 91.7 Å². The van der Waals surface area contributed by atoms with E-state index >= 15 is 0 Å². The van der Waals surface area contributed by atoms with E-state index in [2.05, 4.69) is 37.6 Å². The van der Waals surface area contributed by atoms with E-state index in [1.807, 2.05) is 12.4 Å². The molecule has 1 aromatic heterocycles. The molecular formula is C25H32F2N6O2. The van der Waals surface area contributed by atoms with Crippen LogP contribution < -0.4 is 15.5 Å². The summed E-state index contributed by atoms with van der Waals surface area (Å²) in [5.74, 6) is -0.503. The van der Waals surface area contributed by atoms with Crippen molar-refractivity contribution in [1.82, 2.24) is 15.3 Å². The molecule has 35 heavy (non-hydrogen) atoms. The highest BCUT2D eigenvalue weighted by Crippen LogP contribution is 2.35. The summed E-state index contributed by atoms with van der Waals surface area (Å²) in [7, 11) is 1.41. The average molecular weight is 487 g/mol. The maximum Gasteiger partial charge on any atom is 0.319 e. The molecule has 1 saturated carbocycles. The molecule has 1 aliphatic heterocycles. The molecule has 2 N–H and O–H groups in total. The highest BCUT2D eigenvalue weighted by Gasteiger charge is 2.26. The van der Waals surface area contributed by atoms with E-state index in [1.54, 1.807) is 0 Å². The van der Waals surface area contributed by atoms with E-state index < -0.39 is 17.7 Å². The molecule has 1 saturated heterocycles. The molecule has 4 rings (SSSR count). The number of amides is 2. The maximum atomic E-state index is 14.6. The van der Waals surface area contributed by atoms with Gasteiger partial charge in [-0.15, -0.1) is 0 Å². The first-order chi connectivity index (χ1) is 17.0. The molecule has 1 aliphatic carbocycles. The summed E-state index contributed by atoms with van der Waals surface area (Å²) in [4.78, 5) is 28.3. The van der Waals surface area contributed by atoms with Gasteiger partial charge in [0.1, 0.15) is 17.7 Å². The van der Waals surface area contributed by atoms with Crippen molar-refractivity contribution in [1.29, 1.82) is 0 Å². The minimum atomic E-state index is -0.647. The number of nitrogens with zero attached hydrogens (tertiary/aromatic N) is 4. The third kappa shape index (κ3) is 6.23. The lowest BCUT2D eigenvalue weighted by molar-refractivity contribution is 0.0406. The number of anilines is 2. The van der Waals surface area contributed by atoms with Crippen LogP contribution in [0.5, 0.6) is 0 Å². The monoisotopic (exact) mass is 486 g/mol. The Morgan fingerprint density at radius 2 is 1.80 bits per heavy atom. The van der Waals surface area contributed by atoms with Crippen molar-refractivity contribution in [3.8, 4) is 0 Å². The predicted molar refractivity (Wildman–Crippen MR) is 131 cm³/mol. The fourth-order valence-electron chi connectivity index (χ4n) is 4.51. The molecule has 2 aromatic rings. The van der Waals surface area contributed by atoms with Crippen LogP contribution in [0.2, 0.25) is 0 Å². The molecule has 2 fully saturated rings. The van der Waals surface area contributed by atoms with Gasteiger partial charge in [-0.05, 0) is 55.2 Å². The SMILES string of the molecule is CCc1cnc(N2CCC(ON=C3CCC(c4cc(F)c(NC(=O)NC)cc4F)CC3)CC2)nc1. The second-order valence-corrected chi connectivity index (χ2v) is 9.03. The van der Waals surface area contributed by atoms with E-state index in [1.165, 1.54) is 13.1 Å². The van der Waals surface area contributed by atoms with Crippen LogP contribution in [0.15, 0.2) is 29.7 Å². The number of hydrogen-bond donors (Lipinski definition) is 2. The van der Waals surface area contributed by atoms with Gasteiger partial charge >= 0.3 is 6.03 Å². The van der Waals surface area contributed by atoms with E-state index in [0.29, 0.717) is 31.2 Å². The summed E-state index contributed by atoms with van der Waals surface area (Å²) in [6.07, 6.45) is 9.13. The Bertz CT molecular complexity index is 1040. The van der Waals surface area contributed by atoms with Gasteiger partial charge in [0.25, 0.3) is 0 Å². The molecular weight excluding hydrogens is 454 g/mol.